The first kappa shape index (κ1) is 12.4. The van der Waals surface area contributed by atoms with Gasteiger partial charge in [0, 0.05) is 12.2 Å². The number of hydrogen-bond donors (Lipinski definition) is 1. The third kappa shape index (κ3) is 3.00. The molecule has 1 heterocycles. The number of hydrogen-bond acceptors (Lipinski definition) is 3. The number of benzene rings is 1. The highest BCUT2D eigenvalue weighted by atomic mass is 16.5. The highest BCUT2D eigenvalue weighted by molar-refractivity contribution is 5.41. The van der Waals surface area contributed by atoms with Crippen molar-refractivity contribution in [3.05, 3.63) is 53.7 Å². The molecule has 0 aliphatic rings. The SMILES string of the molecule is COc1ccc(C(C)Nc2cc(C)ccn2)cc1. The molecule has 0 fully saturated rings. The summed E-state index contributed by atoms with van der Waals surface area (Å²) < 4.78 is 5.15. The van der Waals surface area contributed by atoms with Gasteiger partial charge < -0.3 is 10.1 Å². The molecule has 2 rings (SSSR count). The van der Waals surface area contributed by atoms with Gasteiger partial charge in [-0.1, -0.05) is 12.1 Å². The van der Waals surface area contributed by atoms with Crippen LogP contribution in [0.25, 0.3) is 0 Å². The van der Waals surface area contributed by atoms with Crippen LogP contribution in [0.2, 0.25) is 0 Å². The van der Waals surface area contributed by atoms with E-state index in [2.05, 4.69) is 36.3 Å². The normalized spacial score (nSPS) is 11.9. The maximum absolute atomic E-state index is 5.15. The zero-order valence-corrected chi connectivity index (χ0v) is 11.0. The predicted octanol–water partition coefficient (Wildman–Crippen LogP) is 3.57. The summed E-state index contributed by atoms with van der Waals surface area (Å²) in [4.78, 5) is 4.30. The number of nitrogens with zero attached hydrogens (tertiary/aromatic N) is 1. The van der Waals surface area contributed by atoms with Crippen LogP contribution < -0.4 is 10.1 Å². The van der Waals surface area contributed by atoms with Crippen LogP contribution in [-0.2, 0) is 0 Å². The minimum absolute atomic E-state index is 0.213. The van der Waals surface area contributed by atoms with Gasteiger partial charge >= 0.3 is 0 Å². The average Bonchev–Trinajstić information content (AvgIpc) is 2.39. The molecule has 1 atom stereocenters. The van der Waals surface area contributed by atoms with Crippen LogP contribution in [0.5, 0.6) is 5.75 Å². The Morgan fingerprint density at radius 2 is 1.89 bits per heavy atom. The van der Waals surface area contributed by atoms with Crippen molar-refractivity contribution in [2.45, 2.75) is 19.9 Å². The lowest BCUT2D eigenvalue weighted by molar-refractivity contribution is 0.414. The molecule has 0 saturated carbocycles. The Balaban J connectivity index is 2.09. The summed E-state index contributed by atoms with van der Waals surface area (Å²) in [5, 5.41) is 3.38. The average molecular weight is 242 g/mol. The monoisotopic (exact) mass is 242 g/mol. The Morgan fingerprint density at radius 3 is 2.50 bits per heavy atom. The van der Waals surface area contributed by atoms with Crippen LogP contribution in [0.15, 0.2) is 42.6 Å². The van der Waals surface area contributed by atoms with Gasteiger partial charge in [0.05, 0.1) is 7.11 Å². The molecule has 0 amide bonds. The fourth-order valence-corrected chi connectivity index (χ4v) is 1.81. The molecule has 94 valence electrons. The van der Waals surface area contributed by atoms with Crippen molar-refractivity contribution < 1.29 is 4.74 Å². The topological polar surface area (TPSA) is 34.1 Å². The third-order valence-corrected chi connectivity index (χ3v) is 2.90. The second kappa shape index (κ2) is 5.54. The third-order valence-electron chi connectivity index (χ3n) is 2.90. The van der Waals surface area contributed by atoms with Crippen molar-refractivity contribution in [1.29, 1.82) is 0 Å². The second-order valence-corrected chi connectivity index (χ2v) is 4.36. The molecule has 0 aliphatic carbocycles. The van der Waals surface area contributed by atoms with Crippen LogP contribution in [0.1, 0.15) is 24.1 Å². The number of methoxy groups -OCH3 is 1. The van der Waals surface area contributed by atoms with Crippen LogP contribution in [0.4, 0.5) is 5.82 Å². The molecule has 1 unspecified atom stereocenters. The van der Waals surface area contributed by atoms with Gasteiger partial charge in [0.2, 0.25) is 0 Å². The van der Waals surface area contributed by atoms with Gasteiger partial charge in [-0.05, 0) is 49.2 Å². The van der Waals surface area contributed by atoms with Crippen molar-refractivity contribution in [1.82, 2.24) is 4.98 Å². The molecule has 0 bridgehead atoms. The van der Waals surface area contributed by atoms with E-state index in [-0.39, 0.29) is 6.04 Å². The lowest BCUT2D eigenvalue weighted by Crippen LogP contribution is -2.07. The molecule has 0 saturated heterocycles. The lowest BCUT2D eigenvalue weighted by atomic mass is 10.1. The maximum Gasteiger partial charge on any atom is 0.126 e. The molecule has 1 N–H and O–H groups in total. The standard InChI is InChI=1S/C15H18N2O/c1-11-8-9-16-15(10-11)17-12(2)13-4-6-14(18-3)7-5-13/h4-10,12H,1-3H3,(H,16,17). The molecular weight excluding hydrogens is 224 g/mol. The lowest BCUT2D eigenvalue weighted by Gasteiger charge is -2.15. The van der Waals surface area contributed by atoms with Crippen LogP contribution in [0, 0.1) is 6.92 Å². The summed E-state index contributed by atoms with van der Waals surface area (Å²) in [5.74, 6) is 1.78. The number of anilines is 1. The van der Waals surface area contributed by atoms with E-state index in [0.717, 1.165) is 11.6 Å². The highest BCUT2D eigenvalue weighted by Crippen LogP contribution is 2.20. The number of rotatable bonds is 4. The van der Waals surface area contributed by atoms with Crippen molar-refractivity contribution in [3.8, 4) is 5.75 Å². The smallest absolute Gasteiger partial charge is 0.126 e. The van der Waals surface area contributed by atoms with Gasteiger partial charge in [-0.3, -0.25) is 0 Å². The highest BCUT2D eigenvalue weighted by Gasteiger charge is 2.06. The molecule has 18 heavy (non-hydrogen) atoms. The van der Waals surface area contributed by atoms with Crippen molar-refractivity contribution >= 4 is 5.82 Å². The zero-order valence-electron chi connectivity index (χ0n) is 11.0. The van der Waals surface area contributed by atoms with Gasteiger partial charge in [-0.2, -0.15) is 0 Å². The Morgan fingerprint density at radius 1 is 1.17 bits per heavy atom. The summed E-state index contributed by atoms with van der Waals surface area (Å²) in [6.07, 6.45) is 1.82. The van der Waals surface area contributed by atoms with E-state index in [4.69, 9.17) is 4.74 Å². The van der Waals surface area contributed by atoms with Crippen molar-refractivity contribution in [3.63, 3.8) is 0 Å². The van der Waals surface area contributed by atoms with E-state index in [1.165, 1.54) is 11.1 Å². The number of ether oxygens (including phenoxy) is 1. The van der Waals surface area contributed by atoms with E-state index in [9.17, 15) is 0 Å². The van der Waals surface area contributed by atoms with E-state index >= 15 is 0 Å². The molecule has 0 aliphatic heterocycles. The molecule has 3 nitrogen and oxygen atoms in total. The molecule has 2 aromatic rings. The molecule has 3 heteroatoms. The van der Waals surface area contributed by atoms with Gasteiger partial charge in [-0.25, -0.2) is 4.98 Å². The first-order valence-electron chi connectivity index (χ1n) is 6.02. The Hall–Kier alpha value is -2.03. The van der Waals surface area contributed by atoms with E-state index in [1.54, 1.807) is 7.11 Å². The quantitative estimate of drug-likeness (QED) is 0.890. The number of aromatic nitrogens is 1. The Bertz CT molecular complexity index is 508. The van der Waals surface area contributed by atoms with E-state index in [0.29, 0.717) is 0 Å². The van der Waals surface area contributed by atoms with Crippen LogP contribution in [-0.4, -0.2) is 12.1 Å². The van der Waals surface area contributed by atoms with Gasteiger partial charge in [0.15, 0.2) is 0 Å². The van der Waals surface area contributed by atoms with Crippen LogP contribution in [0.3, 0.4) is 0 Å². The molecular formula is C15H18N2O. The van der Waals surface area contributed by atoms with Crippen LogP contribution >= 0.6 is 0 Å². The maximum atomic E-state index is 5.15. The van der Waals surface area contributed by atoms with Gasteiger partial charge in [-0.15, -0.1) is 0 Å². The largest absolute Gasteiger partial charge is 0.497 e. The predicted molar refractivity (Wildman–Crippen MR) is 74.0 cm³/mol. The Kier molecular flexibility index (Phi) is 3.82. The number of aryl methyl sites for hydroxylation is 1. The summed E-state index contributed by atoms with van der Waals surface area (Å²) in [6, 6.07) is 12.3. The minimum Gasteiger partial charge on any atom is -0.497 e. The van der Waals surface area contributed by atoms with Crippen molar-refractivity contribution in [2.24, 2.45) is 0 Å². The summed E-state index contributed by atoms with van der Waals surface area (Å²) >= 11 is 0. The fraction of sp³-hybridized carbons (Fsp3) is 0.267. The fourth-order valence-electron chi connectivity index (χ4n) is 1.81. The Labute approximate surface area is 108 Å². The molecule has 0 spiro atoms. The van der Waals surface area contributed by atoms with E-state index < -0.39 is 0 Å². The van der Waals surface area contributed by atoms with Crippen molar-refractivity contribution in [2.75, 3.05) is 12.4 Å². The first-order valence-corrected chi connectivity index (χ1v) is 6.02. The number of pyridine rings is 1. The number of nitrogens with one attached hydrogen (secondary N) is 1. The molecule has 0 radical (unpaired) electrons. The molecule has 1 aromatic carbocycles. The molecule has 1 aromatic heterocycles. The second-order valence-electron chi connectivity index (χ2n) is 4.36. The minimum atomic E-state index is 0.213. The van der Waals surface area contributed by atoms with Gasteiger partial charge in [0.25, 0.3) is 0 Å². The summed E-state index contributed by atoms with van der Waals surface area (Å²) in [7, 11) is 1.67. The first-order chi connectivity index (χ1) is 8.69. The van der Waals surface area contributed by atoms with E-state index in [1.807, 2.05) is 30.5 Å². The summed E-state index contributed by atoms with van der Waals surface area (Å²) in [6.45, 7) is 4.18. The summed E-state index contributed by atoms with van der Waals surface area (Å²) in [5.41, 5.74) is 2.41. The van der Waals surface area contributed by atoms with Gasteiger partial charge in [0.1, 0.15) is 11.6 Å². The zero-order chi connectivity index (χ0) is 13.0.